The molecule has 0 aromatic carbocycles. The van der Waals surface area contributed by atoms with Crippen LogP contribution in [-0.4, -0.2) is 73.1 Å². The summed E-state index contributed by atoms with van der Waals surface area (Å²) in [7, 11) is 1.55. The van der Waals surface area contributed by atoms with E-state index >= 15 is 0 Å². The van der Waals surface area contributed by atoms with E-state index in [1.54, 1.807) is 7.11 Å². The number of hydrogen-bond donors (Lipinski definition) is 3. The number of imide groups is 1. The van der Waals surface area contributed by atoms with Gasteiger partial charge >= 0.3 is 0 Å². The molecule has 0 aromatic rings. The third-order valence-corrected chi connectivity index (χ3v) is 6.30. The van der Waals surface area contributed by atoms with E-state index in [0.717, 1.165) is 12.8 Å². The number of nitrogens with one attached hydrogen (secondary N) is 2. The first-order chi connectivity index (χ1) is 14.0. The van der Waals surface area contributed by atoms with Gasteiger partial charge in [0.25, 0.3) is 0 Å². The summed E-state index contributed by atoms with van der Waals surface area (Å²) in [5.74, 6) is 4.72. The maximum atomic E-state index is 12.6. The lowest BCUT2D eigenvalue weighted by Gasteiger charge is -2.29. The molecule has 2 aliphatic rings. The number of rotatable bonds is 11. The minimum atomic E-state index is -0.475. The predicted molar refractivity (Wildman–Crippen MR) is 106 cm³/mol. The topological polar surface area (TPSA) is 140 Å². The molecule has 1 atom stereocenters. The third kappa shape index (κ3) is 7.25. The van der Waals surface area contributed by atoms with Crippen LogP contribution in [-0.2, 0) is 28.7 Å². The van der Waals surface area contributed by atoms with Crippen molar-refractivity contribution in [2.75, 3.05) is 39.4 Å². The summed E-state index contributed by atoms with van der Waals surface area (Å²) in [4.78, 5) is 49.5. The van der Waals surface area contributed by atoms with E-state index in [9.17, 15) is 19.2 Å². The van der Waals surface area contributed by atoms with Crippen molar-refractivity contribution >= 4 is 35.4 Å². The number of thioether (sulfide) groups is 1. The van der Waals surface area contributed by atoms with E-state index in [4.69, 9.17) is 15.3 Å². The van der Waals surface area contributed by atoms with Crippen molar-refractivity contribution in [3.05, 3.63) is 0 Å². The van der Waals surface area contributed by atoms with Crippen LogP contribution in [0, 0.1) is 11.8 Å². The molecule has 164 valence electrons. The maximum absolute atomic E-state index is 12.6. The highest BCUT2D eigenvalue weighted by atomic mass is 32.2. The molecule has 1 heterocycles. The summed E-state index contributed by atoms with van der Waals surface area (Å²) in [6.45, 7) is 1.07. The Morgan fingerprint density at radius 2 is 1.93 bits per heavy atom. The minimum absolute atomic E-state index is 0.0710. The molecule has 29 heavy (non-hydrogen) atoms. The average Bonchev–Trinajstić information content (AvgIpc) is 2.98. The first-order valence-corrected chi connectivity index (χ1v) is 10.8. The minimum Gasteiger partial charge on any atom is -0.382 e. The zero-order valence-corrected chi connectivity index (χ0v) is 17.5. The first kappa shape index (κ1) is 23.6. The van der Waals surface area contributed by atoms with Crippen LogP contribution in [0.15, 0.2) is 0 Å². The lowest BCUT2D eigenvalue weighted by atomic mass is 9.81. The quantitative estimate of drug-likeness (QED) is 0.0984. The van der Waals surface area contributed by atoms with Gasteiger partial charge in [-0.05, 0) is 31.6 Å². The normalized spacial score (nSPS) is 24.6. The zero-order valence-electron chi connectivity index (χ0n) is 16.7. The van der Waals surface area contributed by atoms with Gasteiger partial charge in [-0.2, -0.15) is 0 Å². The second-order valence-electron chi connectivity index (χ2n) is 7.22. The molecule has 2 fully saturated rings. The molecule has 4 N–H and O–H groups in total. The standard InChI is InChI=1S/C18H30N4O6S/c1-27-6-7-28-10-15(23)20-11-29-14-8-16(24)22(18(14)26)9-12-2-4-13(5-3-12)17(25)21-19/h12-14H,2-11,19H2,1H3,(H,20,23)(H,21,25). The van der Waals surface area contributed by atoms with Gasteiger partial charge in [-0.1, -0.05) is 0 Å². The fraction of sp³-hybridized carbons (Fsp3) is 0.778. The van der Waals surface area contributed by atoms with Gasteiger partial charge in [0, 0.05) is 26.0 Å². The smallest absolute Gasteiger partial charge is 0.246 e. The highest BCUT2D eigenvalue weighted by Crippen LogP contribution is 2.32. The number of hydrogen-bond acceptors (Lipinski definition) is 8. The molecule has 1 aliphatic heterocycles. The Balaban J connectivity index is 1.69. The van der Waals surface area contributed by atoms with Gasteiger partial charge in [-0.15, -0.1) is 11.8 Å². The van der Waals surface area contributed by atoms with Crippen LogP contribution in [0.4, 0.5) is 0 Å². The van der Waals surface area contributed by atoms with Gasteiger partial charge in [0.2, 0.25) is 23.6 Å². The molecule has 1 unspecified atom stereocenters. The second-order valence-corrected chi connectivity index (χ2v) is 8.41. The third-order valence-electron chi connectivity index (χ3n) is 5.22. The largest absolute Gasteiger partial charge is 0.382 e. The highest BCUT2D eigenvalue weighted by Gasteiger charge is 2.40. The Bertz CT molecular complexity index is 597. The summed E-state index contributed by atoms with van der Waals surface area (Å²) in [5, 5.41) is 2.19. The summed E-state index contributed by atoms with van der Waals surface area (Å²) in [5.41, 5.74) is 2.18. The Labute approximate surface area is 174 Å². The van der Waals surface area contributed by atoms with Crippen LogP contribution in [0.5, 0.6) is 0 Å². The molecule has 0 spiro atoms. The molecule has 4 amide bonds. The zero-order chi connectivity index (χ0) is 21.2. The van der Waals surface area contributed by atoms with Gasteiger partial charge in [-0.3, -0.25) is 29.5 Å². The molecule has 11 heteroatoms. The molecule has 10 nitrogen and oxygen atoms in total. The Morgan fingerprint density at radius 3 is 2.59 bits per heavy atom. The number of ether oxygens (including phenoxy) is 2. The molecule has 0 aromatic heterocycles. The van der Waals surface area contributed by atoms with Crippen LogP contribution in [0.3, 0.4) is 0 Å². The highest BCUT2D eigenvalue weighted by molar-refractivity contribution is 8.00. The molecule has 0 radical (unpaired) electrons. The molecule has 1 saturated carbocycles. The number of carbonyl (C=O) groups excluding carboxylic acids is 4. The molecule has 2 rings (SSSR count). The number of hydrazine groups is 1. The van der Waals surface area contributed by atoms with Gasteiger partial charge in [0.15, 0.2) is 0 Å². The molecule has 1 aliphatic carbocycles. The fourth-order valence-electron chi connectivity index (χ4n) is 3.54. The van der Waals surface area contributed by atoms with Crippen molar-refractivity contribution in [3.8, 4) is 0 Å². The van der Waals surface area contributed by atoms with E-state index in [0.29, 0.717) is 32.6 Å². The van der Waals surface area contributed by atoms with E-state index in [2.05, 4.69) is 10.7 Å². The van der Waals surface area contributed by atoms with E-state index < -0.39 is 5.25 Å². The van der Waals surface area contributed by atoms with Crippen LogP contribution < -0.4 is 16.6 Å². The van der Waals surface area contributed by atoms with E-state index in [-0.39, 0.29) is 54.4 Å². The summed E-state index contributed by atoms with van der Waals surface area (Å²) >= 11 is 1.25. The lowest BCUT2D eigenvalue weighted by molar-refractivity contribution is -0.139. The van der Waals surface area contributed by atoms with Crippen LogP contribution in [0.1, 0.15) is 32.1 Å². The van der Waals surface area contributed by atoms with Crippen molar-refractivity contribution in [2.24, 2.45) is 17.7 Å². The van der Waals surface area contributed by atoms with Gasteiger partial charge < -0.3 is 14.8 Å². The second kappa shape index (κ2) is 12.1. The number of methoxy groups -OCH3 is 1. The number of nitrogens with two attached hydrogens (primary N) is 1. The number of likely N-dealkylation sites (tertiary alicyclic amines) is 1. The average molecular weight is 431 g/mol. The molecular formula is C18H30N4O6S. The Hall–Kier alpha value is -1.69. The molecule has 0 bridgehead atoms. The van der Waals surface area contributed by atoms with Crippen molar-refractivity contribution < 1.29 is 28.7 Å². The van der Waals surface area contributed by atoms with Crippen molar-refractivity contribution in [1.29, 1.82) is 0 Å². The fourth-order valence-corrected chi connectivity index (χ4v) is 4.51. The van der Waals surface area contributed by atoms with Gasteiger partial charge in [-0.25, -0.2) is 5.84 Å². The molecule has 1 saturated heterocycles. The number of carbonyl (C=O) groups is 4. The number of amides is 4. The monoisotopic (exact) mass is 430 g/mol. The van der Waals surface area contributed by atoms with Crippen LogP contribution >= 0.6 is 11.8 Å². The maximum Gasteiger partial charge on any atom is 0.246 e. The number of nitrogens with zero attached hydrogens (tertiary/aromatic N) is 1. The predicted octanol–water partition coefficient (Wildman–Crippen LogP) is -0.620. The lowest BCUT2D eigenvalue weighted by Crippen LogP contribution is -2.40. The Kier molecular flexibility index (Phi) is 9.85. The summed E-state index contributed by atoms with van der Waals surface area (Å²) in [6.07, 6.45) is 3.13. The first-order valence-electron chi connectivity index (χ1n) is 9.75. The van der Waals surface area contributed by atoms with Crippen LogP contribution in [0.25, 0.3) is 0 Å². The molecular weight excluding hydrogens is 400 g/mol. The summed E-state index contributed by atoms with van der Waals surface area (Å²) < 4.78 is 9.94. The van der Waals surface area contributed by atoms with Crippen molar-refractivity contribution in [2.45, 2.75) is 37.4 Å². The Morgan fingerprint density at radius 1 is 1.21 bits per heavy atom. The van der Waals surface area contributed by atoms with Crippen LogP contribution in [0.2, 0.25) is 0 Å². The van der Waals surface area contributed by atoms with E-state index in [1.807, 2.05) is 0 Å². The van der Waals surface area contributed by atoms with E-state index in [1.165, 1.54) is 16.7 Å². The SMILES string of the molecule is COCCOCC(=O)NCSC1CC(=O)N(CC2CCC(C(=O)NN)CC2)C1=O. The van der Waals surface area contributed by atoms with Gasteiger partial charge in [0.1, 0.15) is 6.61 Å². The van der Waals surface area contributed by atoms with Crippen molar-refractivity contribution in [3.63, 3.8) is 0 Å². The van der Waals surface area contributed by atoms with Gasteiger partial charge in [0.05, 0.1) is 24.3 Å². The summed E-state index contributed by atoms with van der Waals surface area (Å²) in [6, 6.07) is 0. The van der Waals surface area contributed by atoms with Crippen molar-refractivity contribution in [1.82, 2.24) is 15.6 Å².